The van der Waals surface area contributed by atoms with Gasteiger partial charge in [-0.2, -0.15) is 0 Å². The lowest BCUT2D eigenvalue weighted by Gasteiger charge is -2.24. The number of pyridine rings is 1. The van der Waals surface area contributed by atoms with Gasteiger partial charge in [0.15, 0.2) is 0 Å². The molecule has 23 heavy (non-hydrogen) atoms. The molecule has 0 saturated heterocycles. The molecular weight excluding hydrogens is 290 g/mol. The summed E-state index contributed by atoms with van der Waals surface area (Å²) in [5.74, 6) is -0.554. The van der Waals surface area contributed by atoms with Crippen LogP contribution in [0.15, 0.2) is 35.1 Å². The predicted molar refractivity (Wildman–Crippen MR) is 89.8 cm³/mol. The van der Waals surface area contributed by atoms with E-state index < -0.39 is 5.97 Å². The van der Waals surface area contributed by atoms with E-state index in [0.717, 1.165) is 42.5 Å². The number of methoxy groups -OCH3 is 1. The number of nitrogens with zero attached hydrogens (tertiary/aromatic N) is 1. The zero-order chi connectivity index (χ0) is 16.4. The summed E-state index contributed by atoms with van der Waals surface area (Å²) in [5, 5.41) is 0. The Morgan fingerprint density at radius 3 is 2.70 bits per heavy atom. The van der Waals surface area contributed by atoms with Crippen LogP contribution in [-0.2, 0) is 24.1 Å². The highest BCUT2D eigenvalue weighted by molar-refractivity contribution is 5.90. The highest BCUT2D eigenvalue weighted by atomic mass is 16.5. The number of rotatable bonds is 4. The Bertz CT molecular complexity index is 805. The van der Waals surface area contributed by atoms with Crippen LogP contribution in [0, 0.1) is 0 Å². The summed E-state index contributed by atoms with van der Waals surface area (Å²) in [6.45, 7) is 2.71. The molecule has 120 valence electrons. The third-order valence-electron chi connectivity index (χ3n) is 4.44. The summed E-state index contributed by atoms with van der Waals surface area (Å²) in [6.07, 6.45) is 3.66. The third kappa shape index (κ3) is 2.69. The number of aromatic nitrogens is 1. The topological polar surface area (TPSA) is 48.3 Å². The van der Waals surface area contributed by atoms with Crippen molar-refractivity contribution in [1.82, 2.24) is 4.57 Å². The van der Waals surface area contributed by atoms with E-state index in [1.54, 1.807) is 10.6 Å². The van der Waals surface area contributed by atoms with Crippen molar-refractivity contribution in [1.29, 1.82) is 0 Å². The summed E-state index contributed by atoms with van der Waals surface area (Å²) in [6, 6.07) is 9.92. The molecule has 0 spiro atoms. The Morgan fingerprint density at radius 2 is 1.96 bits per heavy atom. The maximum atomic E-state index is 12.8. The summed E-state index contributed by atoms with van der Waals surface area (Å²) in [7, 11) is 1.31. The van der Waals surface area contributed by atoms with Gasteiger partial charge in [0.1, 0.15) is 5.56 Å². The highest BCUT2D eigenvalue weighted by Crippen LogP contribution is 2.33. The first-order valence-electron chi connectivity index (χ1n) is 8.10. The third-order valence-corrected chi connectivity index (χ3v) is 4.44. The molecule has 1 aliphatic carbocycles. The maximum absolute atomic E-state index is 12.8. The van der Waals surface area contributed by atoms with Crippen molar-refractivity contribution >= 4 is 5.97 Å². The molecule has 4 nitrogen and oxygen atoms in total. The maximum Gasteiger partial charge on any atom is 0.343 e. The summed E-state index contributed by atoms with van der Waals surface area (Å²) in [4.78, 5) is 24.8. The minimum atomic E-state index is -0.554. The second-order valence-electron chi connectivity index (χ2n) is 5.89. The van der Waals surface area contributed by atoms with Crippen molar-refractivity contribution in [2.75, 3.05) is 7.11 Å². The number of hydrogen-bond donors (Lipinski definition) is 0. The fourth-order valence-corrected chi connectivity index (χ4v) is 3.26. The Morgan fingerprint density at radius 1 is 1.22 bits per heavy atom. The van der Waals surface area contributed by atoms with Crippen molar-refractivity contribution in [2.45, 2.75) is 39.2 Å². The van der Waals surface area contributed by atoms with Gasteiger partial charge in [-0.1, -0.05) is 37.6 Å². The number of benzene rings is 1. The van der Waals surface area contributed by atoms with E-state index in [4.69, 9.17) is 4.74 Å². The largest absolute Gasteiger partial charge is 0.465 e. The van der Waals surface area contributed by atoms with Crippen molar-refractivity contribution < 1.29 is 9.53 Å². The van der Waals surface area contributed by atoms with Gasteiger partial charge < -0.3 is 9.30 Å². The minimum absolute atomic E-state index is 0.140. The molecule has 0 bridgehead atoms. The van der Waals surface area contributed by atoms with E-state index in [-0.39, 0.29) is 11.1 Å². The molecular formula is C19H21NO3. The number of carbonyl (C=O) groups is 1. The standard InChI is InChI=1S/C19H21NO3/c1-3-4-11-20-17-14(12-16(18(20)21)19(22)23-2)10-9-13-7-5-6-8-15(13)17/h5-8,12H,3-4,9-11H2,1-2H3. The Labute approximate surface area is 135 Å². The van der Waals surface area contributed by atoms with E-state index in [0.29, 0.717) is 6.54 Å². The number of unbranched alkanes of at least 4 members (excludes halogenated alkanes) is 1. The number of carbonyl (C=O) groups excluding carboxylic acids is 1. The fourth-order valence-electron chi connectivity index (χ4n) is 3.26. The molecule has 0 amide bonds. The Hall–Kier alpha value is -2.36. The van der Waals surface area contributed by atoms with Crippen LogP contribution < -0.4 is 5.56 Å². The van der Waals surface area contributed by atoms with Gasteiger partial charge in [-0.3, -0.25) is 4.79 Å². The molecule has 0 atom stereocenters. The highest BCUT2D eigenvalue weighted by Gasteiger charge is 2.24. The average Bonchev–Trinajstić information content (AvgIpc) is 2.59. The van der Waals surface area contributed by atoms with Crippen molar-refractivity contribution in [3.8, 4) is 11.3 Å². The molecule has 3 rings (SSSR count). The van der Waals surface area contributed by atoms with E-state index in [9.17, 15) is 9.59 Å². The van der Waals surface area contributed by atoms with Gasteiger partial charge in [-0.25, -0.2) is 4.79 Å². The van der Waals surface area contributed by atoms with Crippen LogP contribution in [0.2, 0.25) is 0 Å². The van der Waals surface area contributed by atoms with Gasteiger partial charge in [0, 0.05) is 12.1 Å². The molecule has 1 aromatic heterocycles. The van der Waals surface area contributed by atoms with Crippen LogP contribution in [0.4, 0.5) is 0 Å². The van der Waals surface area contributed by atoms with Gasteiger partial charge in [0.25, 0.3) is 5.56 Å². The van der Waals surface area contributed by atoms with Crippen LogP contribution in [0.5, 0.6) is 0 Å². The molecule has 1 aromatic carbocycles. The molecule has 1 heterocycles. The van der Waals surface area contributed by atoms with Crippen LogP contribution in [0.25, 0.3) is 11.3 Å². The van der Waals surface area contributed by atoms with Gasteiger partial charge >= 0.3 is 5.97 Å². The second-order valence-corrected chi connectivity index (χ2v) is 5.89. The number of hydrogen-bond acceptors (Lipinski definition) is 3. The van der Waals surface area contributed by atoms with Crippen molar-refractivity contribution in [3.63, 3.8) is 0 Å². The van der Waals surface area contributed by atoms with E-state index in [1.165, 1.54) is 12.7 Å². The van der Waals surface area contributed by atoms with Gasteiger partial charge in [0.05, 0.1) is 12.8 Å². The molecule has 1 aliphatic rings. The number of aryl methyl sites for hydroxylation is 2. The van der Waals surface area contributed by atoms with Crippen molar-refractivity contribution in [3.05, 3.63) is 57.4 Å². The normalized spacial score (nSPS) is 12.4. The van der Waals surface area contributed by atoms with Gasteiger partial charge in [0.2, 0.25) is 0 Å². The van der Waals surface area contributed by atoms with Gasteiger partial charge in [-0.15, -0.1) is 0 Å². The lowest BCUT2D eigenvalue weighted by atomic mass is 9.88. The number of fused-ring (bicyclic) bond motifs is 3. The zero-order valence-electron chi connectivity index (χ0n) is 13.6. The number of esters is 1. The Kier molecular flexibility index (Phi) is 4.33. The summed E-state index contributed by atoms with van der Waals surface area (Å²) >= 11 is 0. The zero-order valence-corrected chi connectivity index (χ0v) is 13.6. The molecule has 0 N–H and O–H groups in total. The predicted octanol–water partition coefficient (Wildman–Crippen LogP) is 3.20. The smallest absolute Gasteiger partial charge is 0.343 e. The monoisotopic (exact) mass is 311 g/mol. The van der Waals surface area contributed by atoms with Crippen LogP contribution >= 0.6 is 0 Å². The first-order valence-corrected chi connectivity index (χ1v) is 8.10. The average molecular weight is 311 g/mol. The molecule has 4 heteroatoms. The Balaban J connectivity index is 2.27. The summed E-state index contributed by atoms with van der Waals surface area (Å²) in [5.41, 5.74) is 4.29. The van der Waals surface area contributed by atoms with E-state index >= 15 is 0 Å². The molecule has 0 radical (unpaired) electrons. The number of ether oxygens (including phenoxy) is 1. The SMILES string of the molecule is CCCCn1c2c(cc(C(=O)OC)c1=O)CCc1ccccc1-2. The molecule has 0 aliphatic heterocycles. The van der Waals surface area contributed by atoms with Crippen LogP contribution in [-0.4, -0.2) is 17.6 Å². The molecule has 2 aromatic rings. The molecule has 0 saturated carbocycles. The second kappa shape index (κ2) is 6.41. The van der Waals surface area contributed by atoms with Crippen LogP contribution in [0.1, 0.15) is 41.3 Å². The lowest BCUT2D eigenvalue weighted by Crippen LogP contribution is -2.30. The molecule has 0 fully saturated rings. The van der Waals surface area contributed by atoms with Crippen LogP contribution in [0.3, 0.4) is 0 Å². The van der Waals surface area contributed by atoms with Crippen molar-refractivity contribution in [2.24, 2.45) is 0 Å². The minimum Gasteiger partial charge on any atom is -0.465 e. The van der Waals surface area contributed by atoms with Gasteiger partial charge in [-0.05, 0) is 36.5 Å². The van der Waals surface area contributed by atoms with E-state index in [2.05, 4.69) is 19.1 Å². The lowest BCUT2D eigenvalue weighted by molar-refractivity contribution is 0.0598. The first-order chi connectivity index (χ1) is 11.2. The quantitative estimate of drug-likeness (QED) is 0.815. The molecule has 0 unspecified atom stereocenters. The fraction of sp³-hybridized carbons (Fsp3) is 0.368. The van der Waals surface area contributed by atoms with E-state index in [1.807, 2.05) is 12.1 Å². The summed E-state index contributed by atoms with van der Waals surface area (Å²) < 4.78 is 6.55. The first kappa shape index (κ1) is 15.5.